The Morgan fingerprint density at radius 3 is 1.40 bits per heavy atom. The summed E-state index contributed by atoms with van der Waals surface area (Å²) < 4.78 is 5.01. The molecule has 0 aliphatic rings. The van der Waals surface area contributed by atoms with E-state index in [1.165, 1.54) is 81.0 Å². The van der Waals surface area contributed by atoms with Gasteiger partial charge in [0.15, 0.2) is 0 Å². The smallest absolute Gasteiger partial charge is 0.0562 e. The summed E-state index contributed by atoms with van der Waals surface area (Å²) in [5.74, 6) is 0. The molecule has 0 atom stereocenters. The van der Waals surface area contributed by atoms with Gasteiger partial charge in [-0.3, -0.25) is 0 Å². The molecule has 0 fully saturated rings. The summed E-state index contributed by atoms with van der Waals surface area (Å²) in [6, 6.07) is 88.4. The Bertz CT molecular complexity index is 3570. The fraction of sp³-hybridized carbons (Fsp3) is 0. The molecule has 0 N–H and O–H groups in total. The van der Waals surface area contributed by atoms with Crippen LogP contribution in [0.3, 0.4) is 0 Å². The molecule has 12 rings (SSSR count). The molecule has 0 aliphatic carbocycles. The standard InChI is InChI=1S/C60H40N2S/c1-4-15-41(16-5-1)43-27-29-44(30-28-43)46-33-37-49(38-34-46)61(48-35-31-45(32-36-48)42-17-6-2-7-18-42)57-40-58-54(50-21-10-12-25-56(50)62(58)47-19-8-3-9-20-47)39-55(57)53-24-14-23-52-51-22-11-13-26-59(51)63-60(52)53/h1-40H. The minimum Gasteiger partial charge on any atom is -0.310 e. The van der Waals surface area contributed by atoms with Crippen LogP contribution >= 0.6 is 11.3 Å². The highest BCUT2D eigenvalue weighted by Gasteiger charge is 2.24. The molecule has 0 spiro atoms. The minimum absolute atomic E-state index is 1.08. The van der Waals surface area contributed by atoms with Crippen LogP contribution in [0.1, 0.15) is 0 Å². The molecule has 0 unspecified atom stereocenters. The zero-order valence-electron chi connectivity index (χ0n) is 34.4. The highest BCUT2D eigenvalue weighted by molar-refractivity contribution is 7.26. The molecule has 3 heteroatoms. The van der Waals surface area contributed by atoms with Crippen molar-refractivity contribution < 1.29 is 0 Å². The Kier molecular flexibility index (Phi) is 9.06. The van der Waals surface area contributed by atoms with Gasteiger partial charge in [-0.15, -0.1) is 11.3 Å². The Morgan fingerprint density at radius 2 is 0.794 bits per heavy atom. The topological polar surface area (TPSA) is 8.17 Å². The first-order valence-corrected chi connectivity index (χ1v) is 22.3. The average Bonchev–Trinajstić information content (AvgIpc) is 3.91. The molecule has 0 saturated carbocycles. The number of hydrogen-bond donors (Lipinski definition) is 0. The van der Waals surface area contributed by atoms with Crippen molar-refractivity contribution in [1.82, 2.24) is 4.57 Å². The first kappa shape index (κ1) is 36.8. The van der Waals surface area contributed by atoms with Gasteiger partial charge >= 0.3 is 0 Å². The fourth-order valence-electron chi connectivity index (χ4n) is 9.37. The van der Waals surface area contributed by atoms with Crippen LogP contribution in [0.15, 0.2) is 243 Å². The Balaban J connectivity index is 1.11. The van der Waals surface area contributed by atoms with Crippen molar-refractivity contribution >= 4 is 70.4 Å². The third-order valence-electron chi connectivity index (χ3n) is 12.4. The van der Waals surface area contributed by atoms with Crippen molar-refractivity contribution in [2.75, 3.05) is 4.90 Å². The molecular formula is C60H40N2S. The molecule has 0 radical (unpaired) electrons. The molecule has 12 aromatic rings. The Hall–Kier alpha value is -7.98. The largest absolute Gasteiger partial charge is 0.310 e. The maximum Gasteiger partial charge on any atom is 0.0562 e. The van der Waals surface area contributed by atoms with Crippen molar-refractivity contribution in [3.63, 3.8) is 0 Å². The van der Waals surface area contributed by atoms with Gasteiger partial charge in [0.25, 0.3) is 0 Å². The van der Waals surface area contributed by atoms with Gasteiger partial charge in [0.2, 0.25) is 0 Å². The highest BCUT2D eigenvalue weighted by atomic mass is 32.1. The average molecular weight is 821 g/mol. The number of anilines is 3. The van der Waals surface area contributed by atoms with Crippen LogP contribution in [0.4, 0.5) is 17.1 Å². The molecule has 2 aromatic heterocycles. The Morgan fingerprint density at radius 1 is 0.317 bits per heavy atom. The van der Waals surface area contributed by atoms with E-state index in [9.17, 15) is 0 Å². The lowest BCUT2D eigenvalue weighted by molar-refractivity contribution is 1.18. The number of thiophene rings is 1. The molecule has 0 saturated heterocycles. The van der Waals surface area contributed by atoms with E-state index in [-0.39, 0.29) is 0 Å². The summed E-state index contributed by atoms with van der Waals surface area (Å²) in [7, 11) is 0. The molecule has 10 aromatic carbocycles. The van der Waals surface area contributed by atoms with Gasteiger partial charge in [-0.25, -0.2) is 0 Å². The summed E-state index contributed by atoms with van der Waals surface area (Å²) in [6.45, 7) is 0. The zero-order valence-corrected chi connectivity index (χ0v) is 35.2. The van der Waals surface area contributed by atoms with Crippen molar-refractivity contribution in [3.05, 3.63) is 243 Å². The van der Waals surface area contributed by atoms with Gasteiger partial charge in [0.05, 0.1) is 16.7 Å². The van der Waals surface area contributed by atoms with Gasteiger partial charge in [0.1, 0.15) is 0 Å². The minimum atomic E-state index is 1.08. The first-order chi connectivity index (χ1) is 31.2. The van der Waals surface area contributed by atoms with Crippen molar-refractivity contribution in [3.8, 4) is 50.2 Å². The first-order valence-electron chi connectivity index (χ1n) is 21.5. The third-order valence-corrected chi connectivity index (χ3v) is 13.6. The number of para-hydroxylation sites is 2. The summed E-state index contributed by atoms with van der Waals surface area (Å²) in [5.41, 5.74) is 16.3. The highest BCUT2D eigenvalue weighted by Crippen LogP contribution is 2.49. The lowest BCUT2D eigenvalue weighted by atomic mass is 9.96. The fourth-order valence-corrected chi connectivity index (χ4v) is 10.6. The Labute approximate surface area is 370 Å². The lowest BCUT2D eigenvalue weighted by Crippen LogP contribution is -2.11. The van der Waals surface area contributed by atoms with Crippen LogP contribution in [0.5, 0.6) is 0 Å². The number of benzene rings is 10. The van der Waals surface area contributed by atoms with Crippen LogP contribution < -0.4 is 4.90 Å². The lowest BCUT2D eigenvalue weighted by Gasteiger charge is -2.29. The molecule has 0 aliphatic heterocycles. The van der Waals surface area contributed by atoms with Crippen molar-refractivity contribution in [2.45, 2.75) is 0 Å². The molecule has 2 heterocycles. The number of aromatic nitrogens is 1. The molecule has 63 heavy (non-hydrogen) atoms. The third kappa shape index (κ3) is 6.50. The van der Waals surface area contributed by atoms with Crippen LogP contribution in [0.25, 0.3) is 92.2 Å². The van der Waals surface area contributed by atoms with E-state index in [1.54, 1.807) is 0 Å². The van der Waals surface area contributed by atoms with E-state index >= 15 is 0 Å². The van der Waals surface area contributed by atoms with E-state index in [4.69, 9.17) is 0 Å². The number of rotatable bonds is 8. The second-order valence-electron chi connectivity index (χ2n) is 16.1. The molecule has 296 valence electrons. The molecular weight excluding hydrogens is 781 g/mol. The second kappa shape index (κ2) is 15.5. The van der Waals surface area contributed by atoms with Crippen molar-refractivity contribution in [2.24, 2.45) is 0 Å². The van der Waals surface area contributed by atoms with Crippen LogP contribution in [0.2, 0.25) is 0 Å². The quantitative estimate of drug-likeness (QED) is 0.148. The van der Waals surface area contributed by atoms with Gasteiger partial charge in [-0.2, -0.15) is 0 Å². The van der Waals surface area contributed by atoms with Gasteiger partial charge in [-0.05, 0) is 94.0 Å². The predicted molar refractivity (Wildman–Crippen MR) is 270 cm³/mol. The van der Waals surface area contributed by atoms with E-state index in [1.807, 2.05) is 11.3 Å². The van der Waals surface area contributed by atoms with Gasteiger partial charge < -0.3 is 9.47 Å². The van der Waals surface area contributed by atoms with E-state index in [0.29, 0.717) is 0 Å². The number of fused-ring (bicyclic) bond motifs is 6. The van der Waals surface area contributed by atoms with Gasteiger partial charge in [-0.1, -0.05) is 182 Å². The van der Waals surface area contributed by atoms with Gasteiger partial charge in [0, 0.05) is 59.1 Å². The predicted octanol–water partition coefficient (Wildman–Crippen LogP) is 17.3. The maximum atomic E-state index is 2.46. The normalized spacial score (nSPS) is 11.5. The summed E-state index contributed by atoms with van der Waals surface area (Å²) in [6.07, 6.45) is 0. The van der Waals surface area contributed by atoms with E-state index in [0.717, 1.165) is 28.3 Å². The summed E-state index contributed by atoms with van der Waals surface area (Å²) in [4.78, 5) is 2.46. The van der Waals surface area contributed by atoms with E-state index < -0.39 is 0 Å². The van der Waals surface area contributed by atoms with Crippen LogP contribution in [-0.4, -0.2) is 4.57 Å². The summed E-state index contributed by atoms with van der Waals surface area (Å²) in [5, 5.41) is 5.03. The summed E-state index contributed by atoms with van der Waals surface area (Å²) >= 11 is 1.88. The molecule has 0 amide bonds. The molecule has 2 nitrogen and oxygen atoms in total. The zero-order chi connectivity index (χ0) is 41.7. The monoisotopic (exact) mass is 820 g/mol. The maximum absolute atomic E-state index is 2.46. The van der Waals surface area contributed by atoms with Crippen LogP contribution in [0, 0.1) is 0 Å². The molecule has 0 bridgehead atoms. The van der Waals surface area contributed by atoms with Crippen LogP contribution in [-0.2, 0) is 0 Å². The number of hydrogen-bond acceptors (Lipinski definition) is 2. The number of nitrogens with zero attached hydrogens (tertiary/aromatic N) is 2. The van der Waals surface area contributed by atoms with E-state index in [2.05, 4.69) is 252 Å². The second-order valence-corrected chi connectivity index (χ2v) is 17.1. The van der Waals surface area contributed by atoms with Crippen molar-refractivity contribution in [1.29, 1.82) is 0 Å². The SMILES string of the molecule is c1ccc(-c2ccc(-c3ccc(N(c4ccc(-c5ccccc5)cc4)c4cc5c(cc4-c4cccc6c4sc4ccccc46)c4ccccc4n5-c4ccccc4)cc3)cc2)cc1.